The number of hydrogen-bond acceptors (Lipinski definition) is 9. The minimum Gasteiger partial charge on any atom is -0.462 e. The van der Waals surface area contributed by atoms with Crippen molar-refractivity contribution in [2.24, 2.45) is 5.73 Å². The Morgan fingerprint density at radius 3 is 1.77 bits per heavy atom. The van der Waals surface area contributed by atoms with E-state index in [-0.39, 0.29) is 32.6 Å². The molecule has 52 heavy (non-hydrogen) atoms. The van der Waals surface area contributed by atoms with Crippen LogP contribution in [0.25, 0.3) is 0 Å². The highest BCUT2D eigenvalue weighted by molar-refractivity contribution is 7.47. The van der Waals surface area contributed by atoms with Gasteiger partial charge in [0.15, 0.2) is 6.10 Å². The molecular weight excluding hydrogens is 681 g/mol. The largest absolute Gasteiger partial charge is 0.472 e. The molecule has 1 saturated heterocycles. The van der Waals surface area contributed by atoms with Crippen LogP contribution in [0, 0.1) is 0 Å². The lowest BCUT2D eigenvalue weighted by Gasteiger charge is -2.19. The minimum atomic E-state index is -4.38. The summed E-state index contributed by atoms with van der Waals surface area (Å²) in [6.07, 6.45) is 35.5. The molecule has 0 spiro atoms. The number of allylic oxidation sites excluding steroid dienone is 1. The molecule has 0 amide bonds. The van der Waals surface area contributed by atoms with Crippen LogP contribution < -0.4 is 5.73 Å². The summed E-state index contributed by atoms with van der Waals surface area (Å²) < 4.78 is 38.5. The number of phosphoric ester groups is 1. The van der Waals surface area contributed by atoms with Crippen LogP contribution in [0.1, 0.15) is 194 Å². The molecule has 3 unspecified atom stereocenters. The number of phosphoric acid groups is 1. The number of nitrogens with two attached hydrogens (primary N) is 1. The first kappa shape index (κ1) is 48.7. The van der Waals surface area contributed by atoms with E-state index in [4.69, 9.17) is 29.0 Å². The van der Waals surface area contributed by atoms with Gasteiger partial charge in [0.2, 0.25) is 0 Å². The molecule has 306 valence electrons. The third kappa shape index (κ3) is 31.1. The molecule has 3 N–H and O–H groups in total. The lowest BCUT2D eigenvalue weighted by molar-refractivity contribution is -0.161. The molecule has 0 saturated carbocycles. The maximum atomic E-state index is 12.6. The number of unbranched alkanes of at least 4 members (excludes halogenated alkanes) is 21. The lowest BCUT2D eigenvalue weighted by atomic mass is 10.0. The number of rotatable bonds is 39. The average Bonchev–Trinajstić information content (AvgIpc) is 3.88. The molecule has 0 aromatic heterocycles. The monoisotopic (exact) mass is 760 g/mol. The zero-order chi connectivity index (χ0) is 38.0. The van der Waals surface area contributed by atoms with Crippen molar-refractivity contribution in [2.45, 2.75) is 212 Å². The predicted molar refractivity (Wildman–Crippen MR) is 210 cm³/mol. The third-order valence-electron chi connectivity index (χ3n) is 9.58. The summed E-state index contributed by atoms with van der Waals surface area (Å²) in [5.41, 5.74) is 5.34. The van der Waals surface area contributed by atoms with Gasteiger partial charge in [-0.3, -0.25) is 18.6 Å². The van der Waals surface area contributed by atoms with Crippen LogP contribution in [0.4, 0.5) is 0 Å². The van der Waals surface area contributed by atoms with Crippen molar-refractivity contribution in [3.63, 3.8) is 0 Å². The number of carbonyl (C=O) groups is 2. The van der Waals surface area contributed by atoms with Crippen LogP contribution in [-0.4, -0.2) is 61.5 Å². The number of hydrogen-bond donors (Lipinski definition) is 2. The maximum Gasteiger partial charge on any atom is 0.472 e. The fourth-order valence-corrected chi connectivity index (χ4v) is 7.05. The van der Waals surface area contributed by atoms with Gasteiger partial charge in [-0.1, -0.05) is 154 Å². The van der Waals surface area contributed by atoms with E-state index in [1.807, 2.05) is 0 Å². The van der Waals surface area contributed by atoms with Crippen molar-refractivity contribution in [3.8, 4) is 0 Å². The van der Waals surface area contributed by atoms with Crippen molar-refractivity contribution in [1.29, 1.82) is 0 Å². The van der Waals surface area contributed by atoms with Crippen molar-refractivity contribution < 1.29 is 42.3 Å². The first-order valence-electron chi connectivity index (χ1n) is 21.3. The summed E-state index contributed by atoms with van der Waals surface area (Å²) in [6.45, 7) is 3.69. The van der Waals surface area contributed by atoms with Gasteiger partial charge < -0.3 is 24.8 Å². The van der Waals surface area contributed by atoms with Crippen LogP contribution in [0.2, 0.25) is 0 Å². The van der Waals surface area contributed by atoms with E-state index in [1.165, 1.54) is 103 Å². The molecule has 0 aromatic carbocycles. The summed E-state index contributed by atoms with van der Waals surface area (Å²) in [5, 5.41) is 0. The Morgan fingerprint density at radius 2 is 1.19 bits per heavy atom. The Bertz CT molecular complexity index is 934. The standard InChI is InChI=1S/C41H78NO9P/c1-3-5-7-8-9-10-11-12-13-14-15-16-21-24-28-32-41(44)50-37(36-49-52(45,46)48-34-33-42)35-47-40(43)31-27-23-20-18-17-19-22-26-30-39-38(51-39)29-25-6-4-2/h22,26,37-39H,3-21,23-25,27-36,42H2,1-2H3,(H,45,46)/b26-22-/t37-,38?,39?/m1/s1. The van der Waals surface area contributed by atoms with Gasteiger partial charge >= 0.3 is 19.8 Å². The number of esters is 2. The number of carbonyl (C=O) groups excluding carboxylic acids is 2. The van der Waals surface area contributed by atoms with Gasteiger partial charge in [-0.05, 0) is 38.5 Å². The van der Waals surface area contributed by atoms with Crippen LogP contribution in [0.3, 0.4) is 0 Å². The third-order valence-corrected chi connectivity index (χ3v) is 10.6. The molecular formula is C41H78NO9P. The molecule has 0 bridgehead atoms. The van der Waals surface area contributed by atoms with Gasteiger partial charge in [0.25, 0.3) is 0 Å². The molecule has 1 fully saturated rings. The molecule has 0 aromatic rings. The van der Waals surface area contributed by atoms with E-state index in [9.17, 15) is 19.0 Å². The van der Waals surface area contributed by atoms with Gasteiger partial charge in [-0.15, -0.1) is 0 Å². The highest BCUT2D eigenvalue weighted by Gasteiger charge is 2.36. The molecule has 0 aliphatic carbocycles. The zero-order valence-electron chi connectivity index (χ0n) is 33.3. The fraction of sp³-hybridized carbons (Fsp3) is 0.902. The van der Waals surface area contributed by atoms with E-state index in [0.29, 0.717) is 25.0 Å². The summed E-state index contributed by atoms with van der Waals surface area (Å²) in [5.74, 6) is -0.842. The van der Waals surface area contributed by atoms with Gasteiger partial charge in [-0.25, -0.2) is 4.57 Å². The molecule has 1 aliphatic rings. The highest BCUT2D eigenvalue weighted by Crippen LogP contribution is 2.43. The van der Waals surface area contributed by atoms with E-state index in [0.717, 1.165) is 51.4 Å². The maximum absolute atomic E-state index is 12.6. The predicted octanol–water partition coefficient (Wildman–Crippen LogP) is 10.8. The summed E-state index contributed by atoms with van der Waals surface area (Å²) in [6, 6.07) is 0. The van der Waals surface area contributed by atoms with Crippen molar-refractivity contribution in [3.05, 3.63) is 12.2 Å². The molecule has 4 atom stereocenters. The van der Waals surface area contributed by atoms with Crippen LogP contribution in [0.5, 0.6) is 0 Å². The van der Waals surface area contributed by atoms with Crippen LogP contribution in [-0.2, 0) is 37.4 Å². The quantitative estimate of drug-likeness (QED) is 0.0204. The smallest absolute Gasteiger partial charge is 0.462 e. The van der Waals surface area contributed by atoms with E-state index < -0.39 is 32.5 Å². The second-order valence-electron chi connectivity index (χ2n) is 14.6. The second kappa shape index (κ2) is 34.2. The Labute approximate surface area is 317 Å². The van der Waals surface area contributed by atoms with E-state index in [2.05, 4.69) is 26.0 Å². The lowest BCUT2D eigenvalue weighted by Crippen LogP contribution is -2.29. The van der Waals surface area contributed by atoms with Gasteiger partial charge in [0.1, 0.15) is 6.61 Å². The topological polar surface area (TPSA) is 147 Å². The summed E-state index contributed by atoms with van der Waals surface area (Å²) in [4.78, 5) is 34.8. The second-order valence-corrected chi connectivity index (χ2v) is 16.1. The normalized spacial score (nSPS) is 17.3. The average molecular weight is 760 g/mol. The summed E-state index contributed by atoms with van der Waals surface area (Å²) in [7, 11) is -4.38. The SMILES string of the molecule is CCCCCCCCCCCCCCCCCC(=O)O[C@H](COC(=O)CCCCCCC/C=C\CC1OC1CCCCC)COP(=O)(O)OCCN. The van der Waals surface area contributed by atoms with Crippen LogP contribution >= 0.6 is 7.82 Å². The Balaban J connectivity index is 2.17. The fourth-order valence-electron chi connectivity index (χ4n) is 6.29. The minimum absolute atomic E-state index is 0.0517. The molecule has 10 nitrogen and oxygen atoms in total. The molecule has 1 aliphatic heterocycles. The van der Waals surface area contributed by atoms with Crippen molar-refractivity contribution in [1.82, 2.24) is 0 Å². The molecule has 0 radical (unpaired) electrons. The molecule has 1 rings (SSSR count). The summed E-state index contributed by atoms with van der Waals surface area (Å²) >= 11 is 0. The van der Waals surface area contributed by atoms with Crippen LogP contribution in [0.15, 0.2) is 12.2 Å². The molecule has 11 heteroatoms. The Hall–Kier alpha value is -1.29. The molecule has 1 heterocycles. The Morgan fingerprint density at radius 1 is 0.673 bits per heavy atom. The number of epoxide rings is 1. The first-order chi connectivity index (χ1) is 25.3. The number of ether oxygens (including phenoxy) is 3. The van der Waals surface area contributed by atoms with Gasteiger partial charge in [-0.2, -0.15) is 0 Å². The highest BCUT2D eigenvalue weighted by atomic mass is 31.2. The van der Waals surface area contributed by atoms with E-state index >= 15 is 0 Å². The zero-order valence-corrected chi connectivity index (χ0v) is 34.1. The van der Waals surface area contributed by atoms with Gasteiger partial charge in [0.05, 0.1) is 25.4 Å². The van der Waals surface area contributed by atoms with Crippen molar-refractivity contribution in [2.75, 3.05) is 26.4 Å². The van der Waals surface area contributed by atoms with Gasteiger partial charge in [0, 0.05) is 19.4 Å². The van der Waals surface area contributed by atoms with Crippen molar-refractivity contribution >= 4 is 19.8 Å². The first-order valence-corrected chi connectivity index (χ1v) is 22.8. The Kier molecular flexibility index (Phi) is 32.1. The van der Waals surface area contributed by atoms with E-state index in [1.54, 1.807) is 0 Å².